The summed E-state index contributed by atoms with van der Waals surface area (Å²) < 4.78 is 27.5. The molecule has 3 fully saturated rings. The van der Waals surface area contributed by atoms with Gasteiger partial charge in [0.1, 0.15) is 23.5 Å². The quantitative estimate of drug-likeness (QED) is 0.460. The van der Waals surface area contributed by atoms with E-state index in [4.69, 9.17) is 15.2 Å². The Bertz CT molecular complexity index is 1560. The fourth-order valence-corrected chi connectivity index (χ4v) is 7.57. The highest BCUT2D eigenvalue weighted by atomic mass is 19.1. The molecule has 1 aliphatic carbocycles. The van der Waals surface area contributed by atoms with E-state index in [1.165, 1.54) is 11.0 Å². The second kappa shape index (κ2) is 12.1. The van der Waals surface area contributed by atoms with E-state index in [1.54, 1.807) is 32.9 Å². The third-order valence-corrected chi connectivity index (χ3v) is 9.99. The molecule has 4 atom stereocenters. The van der Waals surface area contributed by atoms with Crippen molar-refractivity contribution in [2.24, 2.45) is 11.7 Å². The third-order valence-electron chi connectivity index (χ3n) is 9.99. The second-order valence-electron chi connectivity index (χ2n) is 14.3. The molecule has 3 aliphatic heterocycles. The van der Waals surface area contributed by atoms with Gasteiger partial charge in [0.2, 0.25) is 11.8 Å². The third kappa shape index (κ3) is 6.14. The highest BCUT2D eigenvalue weighted by molar-refractivity contribution is 5.92. The standard InChI is InChI=1S/C35H44FN5O5/c1-20(14-29(31(37)42)39-32(43)30-22-6-8-24(15-22)41(30)33(44)46-34(2,3)4)25-9-7-21(16-27(25)36)28-17-26-23(18-38-28)19-45-35(26)10-12-40(5)13-11-35/h7,9,16-18,22,24,29-30H,1,6,8,10-15,19H2,2-5H3,(H2,37,42)(H,39,43)/t22-,24+,29?,30-/m0/s1. The van der Waals surface area contributed by atoms with Gasteiger partial charge in [0.25, 0.3) is 0 Å². The number of nitrogens with zero attached hydrogens (tertiary/aromatic N) is 3. The number of fused-ring (bicyclic) bond motifs is 4. The molecule has 1 saturated carbocycles. The Labute approximate surface area is 269 Å². The maximum absolute atomic E-state index is 15.6. The van der Waals surface area contributed by atoms with Crippen molar-refractivity contribution in [2.45, 2.75) is 95.2 Å². The van der Waals surface area contributed by atoms with Gasteiger partial charge in [-0.1, -0.05) is 18.7 Å². The van der Waals surface area contributed by atoms with Gasteiger partial charge >= 0.3 is 6.09 Å². The summed E-state index contributed by atoms with van der Waals surface area (Å²) in [5.74, 6) is -1.80. The minimum absolute atomic E-state index is 0.0343. The van der Waals surface area contributed by atoms with Crippen LogP contribution in [-0.2, 0) is 31.3 Å². The Balaban J connectivity index is 1.15. The number of hydrogen-bond acceptors (Lipinski definition) is 7. The summed E-state index contributed by atoms with van der Waals surface area (Å²) in [5, 5.41) is 2.73. The molecule has 2 saturated heterocycles. The molecule has 11 heteroatoms. The van der Waals surface area contributed by atoms with Gasteiger partial charge in [-0.2, -0.15) is 0 Å². The molecular formula is C35H44FN5O5. The van der Waals surface area contributed by atoms with Crippen molar-refractivity contribution in [2.75, 3.05) is 20.1 Å². The van der Waals surface area contributed by atoms with E-state index in [2.05, 4.69) is 28.8 Å². The van der Waals surface area contributed by atoms with E-state index in [0.717, 1.165) is 49.9 Å². The number of carbonyl (C=O) groups excluding carboxylic acids is 3. The van der Waals surface area contributed by atoms with Gasteiger partial charge in [-0.3, -0.25) is 19.5 Å². The molecule has 1 aromatic heterocycles. The second-order valence-corrected chi connectivity index (χ2v) is 14.3. The first-order chi connectivity index (χ1) is 21.7. The molecule has 0 radical (unpaired) electrons. The number of piperidine rings is 2. The SMILES string of the molecule is C=C(CC(NC(=O)[C@@H]1[C@H]2CC[C@H](C2)N1C(=O)OC(C)(C)C)C(N)=O)c1ccc(-c2cc3c(cn2)COC32CCN(C)CC2)cc1F. The van der Waals surface area contributed by atoms with Gasteiger partial charge < -0.3 is 25.4 Å². The van der Waals surface area contributed by atoms with Crippen LogP contribution >= 0.6 is 0 Å². The van der Waals surface area contributed by atoms with Crippen LogP contribution in [-0.4, -0.2) is 76.6 Å². The van der Waals surface area contributed by atoms with Crippen LogP contribution in [0.25, 0.3) is 16.8 Å². The average Bonchev–Trinajstić information content (AvgIpc) is 3.71. The lowest BCUT2D eigenvalue weighted by molar-refractivity contribution is -0.131. The maximum Gasteiger partial charge on any atom is 0.411 e. The van der Waals surface area contributed by atoms with E-state index < -0.39 is 41.4 Å². The van der Waals surface area contributed by atoms with Gasteiger partial charge in [-0.25, -0.2) is 9.18 Å². The molecule has 2 aromatic rings. The molecule has 4 aliphatic rings. The molecule has 46 heavy (non-hydrogen) atoms. The minimum atomic E-state index is -1.14. The first-order valence-electron chi connectivity index (χ1n) is 16.2. The lowest BCUT2D eigenvalue weighted by Crippen LogP contribution is -2.57. The summed E-state index contributed by atoms with van der Waals surface area (Å²) >= 11 is 0. The summed E-state index contributed by atoms with van der Waals surface area (Å²) in [6, 6.07) is 4.84. The van der Waals surface area contributed by atoms with Gasteiger partial charge in [-0.05, 0) is 89.1 Å². The number of ether oxygens (including phenoxy) is 2. The highest BCUT2D eigenvalue weighted by Gasteiger charge is 2.53. The average molecular weight is 634 g/mol. The monoisotopic (exact) mass is 633 g/mol. The van der Waals surface area contributed by atoms with E-state index in [9.17, 15) is 14.4 Å². The molecule has 10 nitrogen and oxygen atoms in total. The molecule has 1 spiro atoms. The van der Waals surface area contributed by atoms with Crippen molar-refractivity contribution in [1.82, 2.24) is 20.1 Å². The minimum Gasteiger partial charge on any atom is -0.444 e. The number of amides is 3. The molecule has 246 valence electrons. The number of nitrogens with one attached hydrogen (secondary N) is 1. The molecule has 1 unspecified atom stereocenters. The van der Waals surface area contributed by atoms with E-state index in [0.29, 0.717) is 29.9 Å². The van der Waals surface area contributed by atoms with Crippen molar-refractivity contribution in [3.05, 3.63) is 59.5 Å². The summed E-state index contributed by atoms with van der Waals surface area (Å²) in [6.07, 6.45) is 5.28. The number of nitrogens with two attached hydrogens (primary N) is 1. The van der Waals surface area contributed by atoms with Crippen LogP contribution in [0.1, 0.15) is 76.0 Å². The zero-order valence-electron chi connectivity index (χ0n) is 27.1. The molecule has 3 amide bonds. The van der Waals surface area contributed by atoms with Crippen LogP contribution in [0.15, 0.2) is 37.0 Å². The van der Waals surface area contributed by atoms with E-state index in [1.807, 2.05) is 12.3 Å². The predicted octanol–water partition coefficient (Wildman–Crippen LogP) is 4.50. The molecule has 6 rings (SSSR count). The molecule has 2 bridgehead atoms. The van der Waals surface area contributed by atoms with Crippen molar-refractivity contribution in [3.8, 4) is 11.3 Å². The van der Waals surface area contributed by atoms with Gasteiger partial charge in [-0.15, -0.1) is 0 Å². The van der Waals surface area contributed by atoms with Crippen molar-refractivity contribution >= 4 is 23.5 Å². The Morgan fingerprint density at radius 2 is 1.96 bits per heavy atom. The largest absolute Gasteiger partial charge is 0.444 e. The Morgan fingerprint density at radius 3 is 2.63 bits per heavy atom. The number of primary amides is 1. The molecule has 3 N–H and O–H groups in total. The highest BCUT2D eigenvalue weighted by Crippen LogP contribution is 2.45. The lowest BCUT2D eigenvalue weighted by atomic mass is 9.84. The molecular weight excluding hydrogens is 589 g/mol. The zero-order valence-corrected chi connectivity index (χ0v) is 27.1. The van der Waals surface area contributed by atoms with Crippen LogP contribution in [0.2, 0.25) is 0 Å². The van der Waals surface area contributed by atoms with Crippen LogP contribution in [0, 0.1) is 11.7 Å². The Hall–Kier alpha value is -3.83. The van der Waals surface area contributed by atoms with Crippen molar-refractivity contribution in [3.63, 3.8) is 0 Å². The topological polar surface area (TPSA) is 127 Å². The number of rotatable bonds is 7. The Morgan fingerprint density at radius 1 is 1.22 bits per heavy atom. The number of carbonyl (C=O) groups is 3. The van der Waals surface area contributed by atoms with Crippen LogP contribution < -0.4 is 11.1 Å². The lowest BCUT2D eigenvalue weighted by Gasteiger charge is -2.37. The Kier molecular flexibility index (Phi) is 8.43. The normalized spacial score (nSPS) is 24.1. The summed E-state index contributed by atoms with van der Waals surface area (Å²) in [5.41, 5.74) is 8.64. The fraction of sp³-hybridized carbons (Fsp3) is 0.543. The van der Waals surface area contributed by atoms with Gasteiger partial charge in [0.05, 0.1) is 17.9 Å². The summed E-state index contributed by atoms with van der Waals surface area (Å²) in [6.45, 7) is 11.8. The van der Waals surface area contributed by atoms with E-state index in [-0.39, 0.29) is 29.5 Å². The van der Waals surface area contributed by atoms with Crippen molar-refractivity contribution < 1.29 is 28.2 Å². The van der Waals surface area contributed by atoms with Gasteiger partial charge in [0, 0.05) is 48.4 Å². The van der Waals surface area contributed by atoms with Crippen LogP contribution in [0.3, 0.4) is 0 Å². The number of halogens is 1. The maximum atomic E-state index is 15.6. The fourth-order valence-electron chi connectivity index (χ4n) is 7.57. The number of hydrogen-bond donors (Lipinski definition) is 2. The molecule has 4 heterocycles. The number of benzene rings is 1. The first kappa shape index (κ1) is 32.1. The number of aromatic nitrogens is 1. The summed E-state index contributed by atoms with van der Waals surface area (Å²) in [7, 11) is 2.11. The smallest absolute Gasteiger partial charge is 0.411 e. The number of likely N-dealkylation sites (tertiary alicyclic amines) is 2. The van der Waals surface area contributed by atoms with Crippen LogP contribution in [0.5, 0.6) is 0 Å². The number of pyridine rings is 1. The first-order valence-corrected chi connectivity index (χ1v) is 16.2. The van der Waals surface area contributed by atoms with Gasteiger partial charge in [0.15, 0.2) is 0 Å². The molecule has 1 aromatic carbocycles. The zero-order chi connectivity index (χ0) is 33.0. The van der Waals surface area contributed by atoms with Crippen molar-refractivity contribution in [1.29, 1.82) is 0 Å². The summed E-state index contributed by atoms with van der Waals surface area (Å²) in [4.78, 5) is 47.5. The predicted molar refractivity (Wildman–Crippen MR) is 171 cm³/mol. The van der Waals surface area contributed by atoms with E-state index >= 15 is 4.39 Å². The van der Waals surface area contributed by atoms with Crippen LogP contribution in [0.4, 0.5) is 9.18 Å².